The molecular weight excluding hydrogens is 248 g/mol. The first-order chi connectivity index (χ1) is 9.01. The maximum absolute atomic E-state index is 10.8. The Morgan fingerprint density at radius 3 is 2.74 bits per heavy atom. The predicted octanol–water partition coefficient (Wildman–Crippen LogP) is 1.12. The van der Waals surface area contributed by atoms with Gasteiger partial charge in [-0.25, -0.2) is 0 Å². The average Bonchev–Trinajstić information content (AvgIpc) is 2.90. The zero-order chi connectivity index (χ0) is 14.0. The van der Waals surface area contributed by atoms with E-state index in [1.165, 1.54) is 0 Å². The van der Waals surface area contributed by atoms with Crippen molar-refractivity contribution in [3.63, 3.8) is 0 Å². The SMILES string of the molecule is CCc1nc(Cn2nc(C)c(CC(=O)O)c2C)no1. The molecular formula is C12H16N4O3. The first kappa shape index (κ1) is 13.3. The molecule has 102 valence electrons. The van der Waals surface area contributed by atoms with Gasteiger partial charge in [0.15, 0.2) is 5.82 Å². The highest BCUT2D eigenvalue weighted by Gasteiger charge is 2.16. The molecule has 0 atom stereocenters. The van der Waals surface area contributed by atoms with E-state index in [0.717, 1.165) is 17.0 Å². The Hall–Kier alpha value is -2.18. The van der Waals surface area contributed by atoms with Crippen LogP contribution in [-0.4, -0.2) is 31.0 Å². The van der Waals surface area contributed by atoms with Gasteiger partial charge in [0, 0.05) is 17.7 Å². The van der Waals surface area contributed by atoms with Crippen LogP contribution in [-0.2, 0) is 24.2 Å². The summed E-state index contributed by atoms with van der Waals surface area (Å²) in [6, 6.07) is 0. The molecule has 0 aliphatic rings. The number of rotatable bonds is 5. The highest BCUT2D eigenvalue weighted by molar-refractivity contribution is 5.70. The van der Waals surface area contributed by atoms with Crippen molar-refractivity contribution >= 4 is 5.97 Å². The van der Waals surface area contributed by atoms with Crippen molar-refractivity contribution in [2.75, 3.05) is 0 Å². The van der Waals surface area contributed by atoms with Gasteiger partial charge in [-0.15, -0.1) is 0 Å². The van der Waals surface area contributed by atoms with Crippen molar-refractivity contribution in [3.05, 3.63) is 28.7 Å². The zero-order valence-electron chi connectivity index (χ0n) is 11.2. The van der Waals surface area contributed by atoms with Crippen molar-refractivity contribution in [2.45, 2.75) is 40.2 Å². The van der Waals surface area contributed by atoms with E-state index in [1.54, 1.807) is 11.6 Å². The Balaban J connectivity index is 2.23. The molecule has 0 aliphatic carbocycles. The van der Waals surface area contributed by atoms with Crippen LogP contribution >= 0.6 is 0 Å². The second-order valence-electron chi connectivity index (χ2n) is 4.34. The van der Waals surface area contributed by atoms with E-state index in [4.69, 9.17) is 9.63 Å². The summed E-state index contributed by atoms with van der Waals surface area (Å²) in [6.45, 7) is 5.97. The first-order valence-electron chi connectivity index (χ1n) is 6.07. The van der Waals surface area contributed by atoms with Gasteiger partial charge in [0.05, 0.1) is 12.1 Å². The van der Waals surface area contributed by atoms with Gasteiger partial charge < -0.3 is 9.63 Å². The second-order valence-corrected chi connectivity index (χ2v) is 4.34. The summed E-state index contributed by atoms with van der Waals surface area (Å²) in [5.74, 6) is 0.269. The number of carbonyl (C=O) groups is 1. The van der Waals surface area contributed by atoms with Gasteiger partial charge in [-0.05, 0) is 13.8 Å². The van der Waals surface area contributed by atoms with E-state index in [0.29, 0.717) is 24.7 Å². The van der Waals surface area contributed by atoms with Gasteiger partial charge in [-0.3, -0.25) is 9.48 Å². The van der Waals surface area contributed by atoms with Crippen LogP contribution in [0, 0.1) is 13.8 Å². The van der Waals surface area contributed by atoms with Gasteiger partial charge >= 0.3 is 5.97 Å². The normalized spacial score (nSPS) is 10.9. The highest BCUT2D eigenvalue weighted by Crippen LogP contribution is 2.14. The quantitative estimate of drug-likeness (QED) is 0.869. The molecule has 7 nitrogen and oxygen atoms in total. The van der Waals surface area contributed by atoms with E-state index >= 15 is 0 Å². The van der Waals surface area contributed by atoms with Gasteiger partial charge in [0.25, 0.3) is 0 Å². The van der Waals surface area contributed by atoms with Crippen LogP contribution in [0.15, 0.2) is 4.52 Å². The van der Waals surface area contributed by atoms with Crippen LogP contribution in [0.3, 0.4) is 0 Å². The summed E-state index contributed by atoms with van der Waals surface area (Å²) in [7, 11) is 0. The number of aromatic nitrogens is 4. The van der Waals surface area contributed by atoms with Crippen LogP contribution in [0.2, 0.25) is 0 Å². The molecule has 0 bridgehead atoms. The molecule has 0 radical (unpaired) electrons. The minimum atomic E-state index is -0.862. The zero-order valence-corrected chi connectivity index (χ0v) is 11.2. The summed E-state index contributed by atoms with van der Waals surface area (Å²) in [4.78, 5) is 15.0. The molecule has 0 saturated heterocycles. The Bertz CT molecular complexity index is 600. The third-order valence-corrected chi connectivity index (χ3v) is 2.96. The molecule has 0 fully saturated rings. The van der Waals surface area contributed by atoms with Crippen LogP contribution in [0.5, 0.6) is 0 Å². The summed E-state index contributed by atoms with van der Waals surface area (Å²) >= 11 is 0. The Morgan fingerprint density at radius 2 is 2.16 bits per heavy atom. The van der Waals surface area contributed by atoms with Crippen LogP contribution in [0.1, 0.15) is 35.6 Å². The largest absolute Gasteiger partial charge is 0.481 e. The fourth-order valence-electron chi connectivity index (χ4n) is 1.93. The molecule has 7 heteroatoms. The lowest BCUT2D eigenvalue weighted by atomic mass is 10.1. The molecule has 2 aromatic heterocycles. The van der Waals surface area contributed by atoms with Crippen molar-refractivity contribution in [2.24, 2.45) is 0 Å². The van der Waals surface area contributed by atoms with Crippen LogP contribution < -0.4 is 0 Å². The molecule has 0 aliphatic heterocycles. The maximum Gasteiger partial charge on any atom is 0.307 e. The van der Waals surface area contributed by atoms with Gasteiger partial charge in [-0.1, -0.05) is 12.1 Å². The lowest BCUT2D eigenvalue weighted by molar-refractivity contribution is -0.136. The lowest BCUT2D eigenvalue weighted by Crippen LogP contribution is -2.07. The van der Waals surface area contributed by atoms with E-state index in [-0.39, 0.29) is 6.42 Å². The third-order valence-electron chi connectivity index (χ3n) is 2.96. The van der Waals surface area contributed by atoms with E-state index < -0.39 is 5.97 Å². The Labute approximate surface area is 110 Å². The number of nitrogens with zero attached hydrogens (tertiary/aromatic N) is 4. The third kappa shape index (κ3) is 2.81. The van der Waals surface area contributed by atoms with Gasteiger partial charge in [-0.2, -0.15) is 10.1 Å². The summed E-state index contributed by atoms with van der Waals surface area (Å²) in [6.07, 6.45) is 0.665. The lowest BCUT2D eigenvalue weighted by Gasteiger charge is -2.01. The fourth-order valence-corrected chi connectivity index (χ4v) is 1.93. The smallest absolute Gasteiger partial charge is 0.307 e. The molecule has 2 aromatic rings. The van der Waals surface area contributed by atoms with Gasteiger partial charge in [0.2, 0.25) is 5.89 Å². The molecule has 19 heavy (non-hydrogen) atoms. The predicted molar refractivity (Wildman–Crippen MR) is 65.8 cm³/mol. The number of hydrogen-bond acceptors (Lipinski definition) is 5. The molecule has 0 spiro atoms. The highest BCUT2D eigenvalue weighted by atomic mass is 16.5. The first-order valence-corrected chi connectivity index (χ1v) is 6.07. The van der Waals surface area contributed by atoms with E-state index in [9.17, 15) is 4.79 Å². The second kappa shape index (κ2) is 5.21. The number of aryl methyl sites for hydroxylation is 2. The summed E-state index contributed by atoms with van der Waals surface area (Å²) in [5.41, 5.74) is 2.29. The summed E-state index contributed by atoms with van der Waals surface area (Å²) in [5, 5.41) is 17.1. The molecule has 0 saturated carbocycles. The minimum Gasteiger partial charge on any atom is -0.481 e. The number of carboxylic acid groups (broad SMARTS) is 1. The number of carboxylic acids is 1. The Kier molecular flexibility index (Phi) is 3.64. The maximum atomic E-state index is 10.8. The van der Waals surface area contributed by atoms with E-state index in [1.807, 2.05) is 13.8 Å². The van der Waals surface area contributed by atoms with Crippen LogP contribution in [0.25, 0.3) is 0 Å². The van der Waals surface area contributed by atoms with E-state index in [2.05, 4.69) is 15.2 Å². The molecule has 0 amide bonds. The fraction of sp³-hybridized carbons (Fsp3) is 0.500. The van der Waals surface area contributed by atoms with Crippen molar-refractivity contribution < 1.29 is 14.4 Å². The molecule has 1 N–H and O–H groups in total. The molecule has 2 rings (SSSR count). The molecule has 0 aromatic carbocycles. The minimum absolute atomic E-state index is 0.0237. The number of hydrogen-bond donors (Lipinski definition) is 1. The van der Waals surface area contributed by atoms with Gasteiger partial charge in [0.1, 0.15) is 6.54 Å². The van der Waals surface area contributed by atoms with Crippen LogP contribution in [0.4, 0.5) is 0 Å². The number of aliphatic carboxylic acids is 1. The summed E-state index contributed by atoms with van der Waals surface area (Å²) < 4.78 is 6.74. The van der Waals surface area contributed by atoms with Crippen molar-refractivity contribution in [1.82, 2.24) is 19.9 Å². The van der Waals surface area contributed by atoms with Crippen molar-refractivity contribution in [1.29, 1.82) is 0 Å². The van der Waals surface area contributed by atoms with Crippen molar-refractivity contribution in [3.8, 4) is 0 Å². The standard InChI is InChI=1S/C12H16N4O3/c1-4-11-13-10(15-19-11)6-16-8(3)9(5-12(17)18)7(2)14-16/h4-6H2,1-3H3,(H,17,18). The topological polar surface area (TPSA) is 94.0 Å². The Morgan fingerprint density at radius 1 is 1.42 bits per heavy atom. The monoisotopic (exact) mass is 264 g/mol. The average molecular weight is 264 g/mol. The molecule has 2 heterocycles. The molecule has 0 unspecified atom stereocenters.